The molecule has 0 radical (unpaired) electrons. The number of benzene rings is 2. The van der Waals surface area contributed by atoms with Gasteiger partial charge in [-0.3, -0.25) is 4.79 Å². The van der Waals surface area contributed by atoms with Gasteiger partial charge >= 0.3 is 6.18 Å². The Morgan fingerprint density at radius 1 is 1.15 bits per heavy atom. The zero-order valence-corrected chi connectivity index (χ0v) is 13.7. The molecule has 0 spiro atoms. The van der Waals surface area contributed by atoms with Crippen molar-refractivity contribution in [3.05, 3.63) is 65.7 Å². The van der Waals surface area contributed by atoms with E-state index in [1.807, 2.05) is 0 Å². The molecule has 136 valence electrons. The van der Waals surface area contributed by atoms with E-state index in [0.717, 1.165) is 0 Å². The molecule has 1 atom stereocenters. The summed E-state index contributed by atoms with van der Waals surface area (Å²) < 4.78 is 45.6. The lowest BCUT2D eigenvalue weighted by Gasteiger charge is -2.32. The van der Waals surface area contributed by atoms with Gasteiger partial charge in [-0.1, -0.05) is 30.3 Å². The predicted octanol–water partition coefficient (Wildman–Crippen LogP) is 3.20. The highest BCUT2D eigenvalue weighted by Crippen LogP contribution is 2.42. The summed E-state index contributed by atoms with van der Waals surface area (Å²) in [4.78, 5) is 12.6. The van der Waals surface area contributed by atoms with Gasteiger partial charge in [-0.05, 0) is 29.8 Å². The normalized spacial score (nSPS) is 20.0. The molecule has 2 aromatic carbocycles. The number of hydrogen-bond donors (Lipinski definition) is 1. The van der Waals surface area contributed by atoms with Crippen LogP contribution in [-0.4, -0.2) is 40.7 Å². The summed E-state index contributed by atoms with van der Waals surface area (Å²) in [5, 5.41) is 14.2. The minimum absolute atomic E-state index is 0.0210. The molecular formula is C18H15F3N2O3. The SMILES string of the molecule is COc1ccc(C(=O)N2N=C(c3ccccc3)C[C@]2(O)C(F)(F)F)cc1. The third-order valence-corrected chi connectivity index (χ3v) is 4.08. The molecule has 5 nitrogen and oxygen atoms in total. The maximum Gasteiger partial charge on any atom is 0.438 e. The Hall–Kier alpha value is -2.87. The van der Waals surface area contributed by atoms with Gasteiger partial charge in [0.15, 0.2) is 0 Å². The molecule has 0 saturated heterocycles. The van der Waals surface area contributed by atoms with Crippen LogP contribution in [0.4, 0.5) is 13.2 Å². The third kappa shape index (κ3) is 3.03. The topological polar surface area (TPSA) is 62.1 Å². The van der Waals surface area contributed by atoms with Gasteiger partial charge in [0, 0.05) is 5.56 Å². The molecule has 1 aliphatic rings. The van der Waals surface area contributed by atoms with Crippen molar-refractivity contribution in [2.75, 3.05) is 7.11 Å². The number of hydrazone groups is 1. The second-order valence-corrected chi connectivity index (χ2v) is 5.75. The standard InChI is InChI=1S/C18H15F3N2O3/c1-26-14-9-7-13(8-10-14)16(24)23-17(25,18(19,20)21)11-15(22-23)12-5-3-2-4-6-12/h2-10,25H,11H2,1H3/t17-/m0/s1. The molecular weight excluding hydrogens is 349 g/mol. The number of aliphatic hydroxyl groups is 1. The van der Waals surface area contributed by atoms with Crippen molar-refractivity contribution in [1.29, 1.82) is 0 Å². The van der Waals surface area contributed by atoms with Crippen LogP contribution < -0.4 is 4.74 Å². The lowest BCUT2D eigenvalue weighted by molar-refractivity contribution is -0.297. The first kappa shape index (κ1) is 17.9. The first-order valence-corrected chi connectivity index (χ1v) is 7.67. The van der Waals surface area contributed by atoms with Gasteiger partial charge < -0.3 is 9.84 Å². The van der Waals surface area contributed by atoms with Crippen LogP contribution in [0.3, 0.4) is 0 Å². The molecule has 0 saturated carbocycles. The second-order valence-electron chi connectivity index (χ2n) is 5.75. The van der Waals surface area contributed by atoms with E-state index in [2.05, 4.69) is 5.10 Å². The van der Waals surface area contributed by atoms with Gasteiger partial charge in [0.1, 0.15) is 5.75 Å². The first-order valence-electron chi connectivity index (χ1n) is 7.67. The fourth-order valence-electron chi connectivity index (χ4n) is 2.63. The quantitative estimate of drug-likeness (QED) is 0.910. The zero-order valence-electron chi connectivity index (χ0n) is 13.7. The molecule has 1 N–H and O–H groups in total. The van der Waals surface area contributed by atoms with Crippen LogP contribution in [0.5, 0.6) is 5.75 Å². The molecule has 26 heavy (non-hydrogen) atoms. The van der Waals surface area contributed by atoms with Crippen molar-refractivity contribution in [1.82, 2.24) is 5.01 Å². The number of hydrogen-bond acceptors (Lipinski definition) is 4. The van der Waals surface area contributed by atoms with Crippen LogP contribution in [0, 0.1) is 0 Å². The fraction of sp³-hybridized carbons (Fsp3) is 0.222. The molecule has 1 amide bonds. The fourth-order valence-corrected chi connectivity index (χ4v) is 2.63. The Bertz CT molecular complexity index is 835. The van der Waals surface area contributed by atoms with Crippen molar-refractivity contribution < 1.29 is 27.8 Å². The molecule has 0 unspecified atom stereocenters. The van der Waals surface area contributed by atoms with Gasteiger partial charge in [0.2, 0.25) is 0 Å². The van der Waals surface area contributed by atoms with Crippen molar-refractivity contribution in [3.63, 3.8) is 0 Å². The summed E-state index contributed by atoms with van der Waals surface area (Å²) in [6.07, 6.45) is -5.92. The van der Waals surface area contributed by atoms with Gasteiger partial charge in [0.25, 0.3) is 11.6 Å². The lowest BCUT2D eigenvalue weighted by Crippen LogP contribution is -2.56. The Morgan fingerprint density at radius 3 is 2.31 bits per heavy atom. The molecule has 0 aromatic heterocycles. The average molecular weight is 364 g/mol. The second kappa shape index (κ2) is 6.45. The van der Waals surface area contributed by atoms with E-state index in [0.29, 0.717) is 11.3 Å². The van der Waals surface area contributed by atoms with E-state index >= 15 is 0 Å². The molecule has 8 heteroatoms. The van der Waals surface area contributed by atoms with Gasteiger partial charge in [-0.25, -0.2) is 0 Å². The Balaban J connectivity index is 2.01. The monoisotopic (exact) mass is 364 g/mol. The summed E-state index contributed by atoms with van der Waals surface area (Å²) in [5.41, 5.74) is -3.08. The molecule has 0 fully saturated rings. The van der Waals surface area contributed by atoms with Crippen molar-refractivity contribution in [2.45, 2.75) is 18.3 Å². The summed E-state index contributed by atoms with van der Waals surface area (Å²) in [5.74, 6) is -0.610. The maximum atomic E-state index is 13.5. The van der Waals surface area contributed by atoms with Crippen LogP contribution in [0.15, 0.2) is 59.7 Å². The molecule has 1 aliphatic heterocycles. The van der Waals surface area contributed by atoms with E-state index in [-0.39, 0.29) is 16.3 Å². The van der Waals surface area contributed by atoms with Crippen LogP contribution in [0.1, 0.15) is 22.3 Å². The largest absolute Gasteiger partial charge is 0.497 e. The molecule has 0 aliphatic carbocycles. The van der Waals surface area contributed by atoms with Crippen LogP contribution in [-0.2, 0) is 0 Å². The summed E-state index contributed by atoms with van der Waals surface area (Å²) >= 11 is 0. The number of ether oxygens (including phenoxy) is 1. The molecule has 2 aromatic rings. The number of halogens is 3. The van der Waals surface area contributed by atoms with Gasteiger partial charge in [0.05, 0.1) is 19.2 Å². The highest BCUT2D eigenvalue weighted by molar-refractivity contribution is 6.05. The van der Waals surface area contributed by atoms with E-state index in [9.17, 15) is 23.1 Å². The summed E-state index contributed by atoms with van der Waals surface area (Å²) in [7, 11) is 1.43. The average Bonchev–Trinajstić information content (AvgIpc) is 3.01. The number of alkyl halides is 3. The number of rotatable bonds is 3. The minimum Gasteiger partial charge on any atom is -0.497 e. The number of nitrogens with zero attached hydrogens (tertiary/aromatic N) is 2. The first-order chi connectivity index (χ1) is 12.3. The highest BCUT2D eigenvalue weighted by Gasteiger charge is 2.63. The number of methoxy groups -OCH3 is 1. The number of amides is 1. The summed E-state index contributed by atoms with van der Waals surface area (Å²) in [6.45, 7) is 0. The van der Waals surface area contributed by atoms with Gasteiger partial charge in [-0.15, -0.1) is 0 Å². The van der Waals surface area contributed by atoms with Crippen LogP contribution in [0.25, 0.3) is 0 Å². The number of carbonyl (C=O) groups excluding carboxylic acids is 1. The van der Waals surface area contributed by atoms with E-state index in [1.165, 1.54) is 31.4 Å². The molecule has 0 bridgehead atoms. The maximum absolute atomic E-state index is 13.5. The van der Waals surface area contributed by atoms with E-state index < -0.39 is 24.2 Å². The van der Waals surface area contributed by atoms with Crippen molar-refractivity contribution in [3.8, 4) is 5.75 Å². The Labute approximate surface area is 147 Å². The zero-order chi connectivity index (χ0) is 18.9. The van der Waals surface area contributed by atoms with Crippen molar-refractivity contribution >= 4 is 11.6 Å². The Morgan fingerprint density at radius 2 is 1.77 bits per heavy atom. The minimum atomic E-state index is -5.07. The molecule has 1 heterocycles. The lowest BCUT2D eigenvalue weighted by atomic mass is 10.0. The smallest absolute Gasteiger partial charge is 0.438 e. The van der Waals surface area contributed by atoms with Crippen LogP contribution in [0.2, 0.25) is 0 Å². The molecule has 3 rings (SSSR count). The van der Waals surface area contributed by atoms with E-state index in [1.54, 1.807) is 30.3 Å². The van der Waals surface area contributed by atoms with Crippen molar-refractivity contribution in [2.24, 2.45) is 5.10 Å². The Kier molecular flexibility index (Phi) is 4.45. The van der Waals surface area contributed by atoms with Crippen LogP contribution >= 0.6 is 0 Å². The highest BCUT2D eigenvalue weighted by atomic mass is 19.4. The van der Waals surface area contributed by atoms with Gasteiger partial charge in [-0.2, -0.15) is 23.3 Å². The summed E-state index contributed by atoms with van der Waals surface area (Å²) in [6, 6.07) is 13.6. The number of carbonyl (C=O) groups is 1. The van der Waals surface area contributed by atoms with E-state index in [4.69, 9.17) is 4.74 Å². The third-order valence-electron chi connectivity index (χ3n) is 4.08. The predicted molar refractivity (Wildman–Crippen MR) is 87.8 cm³/mol.